The molecule has 0 unspecified atom stereocenters. The van der Waals surface area contributed by atoms with E-state index in [2.05, 4.69) is 26.5 Å². The van der Waals surface area contributed by atoms with Gasteiger partial charge in [0.25, 0.3) is 0 Å². The summed E-state index contributed by atoms with van der Waals surface area (Å²) < 4.78 is 0. The van der Waals surface area contributed by atoms with Gasteiger partial charge in [0.1, 0.15) is 0 Å². The van der Waals surface area contributed by atoms with Crippen molar-refractivity contribution in [2.24, 2.45) is 10.9 Å². The summed E-state index contributed by atoms with van der Waals surface area (Å²) in [6.07, 6.45) is 1.03. The molecule has 0 saturated carbocycles. The van der Waals surface area contributed by atoms with E-state index < -0.39 is 0 Å². The van der Waals surface area contributed by atoms with Crippen LogP contribution in [0.2, 0.25) is 0 Å². The summed E-state index contributed by atoms with van der Waals surface area (Å²) in [6, 6.07) is 4.19. The van der Waals surface area contributed by atoms with Crippen molar-refractivity contribution in [3.63, 3.8) is 0 Å². The fourth-order valence-electron chi connectivity index (χ4n) is 2.88. The Labute approximate surface area is 127 Å². The van der Waals surface area contributed by atoms with Crippen molar-refractivity contribution in [2.45, 2.75) is 26.8 Å². The third-order valence-corrected chi connectivity index (χ3v) is 4.84. The largest absolute Gasteiger partial charge is 0.409 e. The first kappa shape index (κ1) is 13.9. The number of anilines is 1. The average Bonchev–Trinajstić information content (AvgIpc) is 2.93. The van der Waals surface area contributed by atoms with Gasteiger partial charge in [0.05, 0.1) is 16.9 Å². The monoisotopic (exact) mass is 302 g/mol. The Hall–Kier alpha value is -2.08. The highest BCUT2D eigenvalue weighted by Gasteiger charge is 2.22. The third-order valence-electron chi connectivity index (χ3n) is 3.82. The highest BCUT2D eigenvalue weighted by atomic mass is 32.1. The summed E-state index contributed by atoms with van der Waals surface area (Å²) in [4.78, 5) is 8.18. The van der Waals surface area contributed by atoms with E-state index in [1.165, 1.54) is 10.4 Å². The highest BCUT2D eigenvalue weighted by molar-refractivity contribution is 7.10. The number of amidine groups is 1. The van der Waals surface area contributed by atoms with Crippen molar-refractivity contribution in [1.82, 2.24) is 4.98 Å². The molecular weight excluding hydrogens is 284 g/mol. The van der Waals surface area contributed by atoms with E-state index in [0.717, 1.165) is 42.1 Å². The van der Waals surface area contributed by atoms with Gasteiger partial charge in [-0.1, -0.05) is 5.16 Å². The zero-order valence-electron chi connectivity index (χ0n) is 12.1. The zero-order valence-corrected chi connectivity index (χ0v) is 12.9. The lowest BCUT2D eigenvalue weighted by Crippen LogP contribution is -2.32. The molecule has 0 amide bonds. The van der Waals surface area contributed by atoms with Crippen LogP contribution in [0.25, 0.3) is 0 Å². The van der Waals surface area contributed by atoms with Crippen molar-refractivity contribution >= 4 is 22.9 Å². The van der Waals surface area contributed by atoms with Crippen molar-refractivity contribution < 1.29 is 5.21 Å². The number of hydrogen-bond donors (Lipinski definition) is 2. The Morgan fingerprint density at radius 3 is 3.05 bits per heavy atom. The first-order valence-corrected chi connectivity index (χ1v) is 7.74. The lowest BCUT2D eigenvalue weighted by molar-refractivity contribution is 0.318. The molecule has 0 radical (unpaired) electrons. The number of oxime groups is 1. The van der Waals surface area contributed by atoms with Crippen molar-refractivity contribution in [3.8, 4) is 0 Å². The second-order valence-corrected chi connectivity index (χ2v) is 6.27. The molecular formula is C15H18N4OS. The predicted molar refractivity (Wildman–Crippen MR) is 85.3 cm³/mol. The molecule has 1 aliphatic heterocycles. The molecule has 2 aromatic rings. The van der Waals surface area contributed by atoms with E-state index in [1.807, 2.05) is 31.3 Å². The van der Waals surface area contributed by atoms with Gasteiger partial charge in [-0.25, -0.2) is 0 Å². The molecule has 3 heterocycles. The minimum atomic E-state index is 0.117. The Kier molecular flexibility index (Phi) is 3.55. The molecule has 3 N–H and O–H groups in total. The number of nitrogens with two attached hydrogens (primary N) is 1. The Morgan fingerprint density at radius 1 is 1.48 bits per heavy atom. The molecule has 0 atom stereocenters. The number of nitrogens with zero attached hydrogens (tertiary/aromatic N) is 3. The van der Waals surface area contributed by atoms with Crippen LogP contribution in [0.3, 0.4) is 0 Å². The van der Waals surface area contributed by atoms with Gasteiger partial charge in [0.15, 0.2) is 5.84 Å². The first-order valence-electron chi connectivity index (χ1n) is 6.86. The molecule has 6 heteroatoms. The number of aromatic nitrogens is 1. The zero-order chi connectivity index (χ0) is 15.0. The third kappa shape index (κ3) is 2.47. The van der Waals surface area contributed by atoms with E-state index in [4.69, 9.17) is 10.9 Å². The smallest absolute Gasteiger partial charge is 0.174 e. The minimum absolute atomic E-state index is 0.117. The predicted octanol–water partition coefficient (Wildman–Crippen LogP) is 2.42. The second kappa shape index (κ2) is 5.37. The molecule has 21 heavy (non-hydrogen) atoms. The average molecular weight is 302 g/mol. The van der Waals surface area contributed by atoms with Gasteiger partial charge >= 0.3 is 0 Å². The van der Waals surface area contributed by atoms with Crippen molar-refractivity contribution in [1.29, 1.82) is 0 Å². The standard InChI is InChI=1S/C15H18N4OS/c1-9-7-12(14(10(2)17-9)15(16)18-20)19-5-3-13-11(8-19)4-6-21-13/h4,6-7,20H,3,5,8H2,1-2H3,(H2,16,18). The molecule has 0 aromatic carbocycles. The fraction of sp³-hybridized carbons (Fsp3) is 0.333. The van der Waals surface area contributed by atoms with Gasteiger partial charge in [-0.3, -0.25) is 4.98 Å². The lowest BCUT2D eigenvalue weighted by Gasteiger charge is -2.31. The quantitative estimate of drug-likeness (QED) is 0.387. The Bertz CT molecular complexity index is 708. The number of pyridine rings is 1. The van der Waals surface area contributed by atoms with Crippen LogP contribution in [-0.2, 0) is 13.0 Å². The number of thiophene rings is 1. The molecule has 0 saturated heterocycles. The molecule has 0 fully saturated rings. The molecule has 2 aromatic heterocycles. The van der Waals surface area contributed by atoms with Gasteiger partial charge in [-0.15, -0.1) is 11.3 Å². The molecule has 110 valence electrons. The molecule has 0 aliphatic carbocycles. The molecule has 0 bridgehead atoms. The van der Waals surface area contributed by atoms with E-state index in [0.29, 0.717) is 0 Å². The maximum atomic E-state index is 9.05. The van der Waals surface area contributed by atoms with E-state index >= 15 is 0 Å². The van der Waals surface area contributed by atoms with E-state index in [-0.39, 0.29) is 5.84 Å². The Balaban J connectivity index is 2.06. The van der Waals surface area contributed by atoms with Crippen LogP contribution in [-0.4, -0.2) is 22.6 Å². The van der Waals surface area contributed by atoms with Crippen LogP contribution < -0.4 is 10.6 Å². The van der Waals surface area contributed by atoms with Crippen LogP contribution >= 0.6 is 11.3 Å². The number of hydrogen-bond acceptors (Lipinski definition) is 5. The van der Waals surface area contributed by atoms with Crippen LogP contribution in [0.5, 0.6) is 0 Å². The summed E-state index contributed by atoms with van der Waals surface area (Å²) in [5.41, 5.74) is 10.7. The number of aryl methyl sites for hydroxylation is 2. The summed E-state index contributed by atoms with van der Waals surface area (Å²) in [7, 11) is 0. The van der Waals surface area contributed by atoms with Gasteiger partial charge in [-0.2, -0.15) is 0 Å². The fourth-order valence-corrected chi connectivity index (χ4v) is 3.77. The summed E-state index contributed by atoms with van der Waals surface area (Å²) in [6.45, 7) is 5.64. The van der Waals surface area contributed by atoms with Crippen LogP contribution in [0.15, 0.2) is 22.7 Å². The molecule has 5 nitrogen and oxygen atoms in total. The minimum Gasteiger partial charge on any atom is -0.409 e. The van der Waals surface area contributed by atoms with Crippen molar-refractivity contribution in [2.75, 3.05) is 11.4 Å². The lowest BCUT2D eigenvalue weighted by atomic mass is 10.0. The van der Waals surface area contributed by atoms with Gasteiger partial charge in [-0.05, 0) is 43.3 Å². The second-order valence-electron chi connectivity index (χ2n) is 5.27. The van der Waals surface area contributed by atoms with Gasteiger partial charge in [0, 0.05) is 23.7 Å². The summed E-state index contributed by atoms with van der Waals surface area (Å²) >= 11 is 1.82. The summed E-state index contributed by atoms with van der Waals surface area (Å²) in [5, 5.41) is 14.4. The maximum Gasteiger partial charge on any atom is 0.174 e. The normalized spacial score (nSPS) is 15.1. The Morgan fingerprint density at radius 2 is 2.29 bits per heavy atom. The molecule has 1 aliphatic rings. The van der Waals surface area contributed by atoms with Gasteiger partial charge < -0.3 is 15.8 Å². The van der Waals surface area contributed by atoms with Crippen molar-refractivity contribution in [3.05, 3.63) is 44.9 Å². The highest BCUT2D eigenvalue weighted by Crippen LogP contribution is 2.31. The number of fused-ring (bicyclic) bond motifs is 1. The topological polar surface area (TPSA) is 74.7 Å². The SMILES string of the molecule is Cc1cc(N2CCc3sccc3C2)c(/C(N)=N/O)c(C)n1. The number of rotatable bonds is 2. The van der Waals surface area contributed by atoms with E-state index in [1.54, 1.807) is 0 Å². The van der Waals surface area contributed by atoms with Gasteiger partial charge in [0.2, 0.25) is 0 Å². The molecule has 3 rings (SSSR count). The van der Waals surface area contributed by atoms with Crippen LogP contribution in [0, 0.1) is 13.8 Å². The molecule has 0 spiro atoms. The van der Waals surface area contributed by atoms with Crippen LogP contribution in [0.1, 0.15) is 27.4 Å². The van der Waals surface area contributed by atoms with E-state index in [9.17, 15) is 0 Å². The van der Waals surface area contributed by atoms with Crippen LogP contribution in [0.4, 0.5) is 5.69 Å². The summed E-state index contributed by atoms with van der Waals surface area (Å²) in [5.74, 6) is 0.117. The maximum absolute atomic E-state index is 9.05. The first-order chi connectivity index (χ1) is 10.1.